The van der Waals surface area contributed by atoms with Gasteiger partial charge in [0.2, 0.25) is 0 Å². The van der Waals surface area contributed by atoms with E-state index in [2.05, 4.69) is 4.98 Å². The number of carboxylic acids is 1. The maximum atomic E-state index is 10.9. The summed E-state index contributed by atoms with van der Waals surface area (Å²) in [5.74, 6) is -1.24. The van der Waals surface area contributed by atoms with Crippen LogP contribution in [-0.2, 0) is 11.2 Å². The van der Waals surface area contributed by atoms with Crippen molar-refractivity contribution in [2.75, 3.05) is 0 Å². The number of carbonyl (C=O) groups is 1. The molecule has 0 aliphatic heterocycles. The lowest BCUT2D eigenvalue weighted by molar-refractivity contribution is -0.307. The highest BCUT2D eigenvalue weighted by Gasteiger charge is 2.12. The number of benzene rings is 2. The van der Waals surface area contributed by atoms with Crippen molar-refractivity contribution < 1.29 is 9.90 Å². The van der Waals surface area contributed by atoms with Gasteiger partial charge in [-0.1, -0.05) is 36.4 Å². The standard InChI is InChI=1S/C16H14N2O2/c17-13(16(19)20)9-12-10-5-1-3-7-14(10)18-15-8-4-2-6-11(12)15/h1-8,13H,9,17H2,(H,19,20)/p-1. The number of hydrogen-bond donors (Lipinski definition) is 1. The molecule has 1 heterocycles. The van der Waals surface area contributed by atoms with Crippen LogP contribution in [0.1, 0.15) is 5.56 Å². The molecule has 100 valence electrons. The second-order valence-electron chi connectivity index (χ2n) is 4.75. The number of nitrogens with two attached hydrogens (primary N) is 1. The van der Waals surface area contributed by atoms with Crippen molar-refractivity contribution in [2.45, 2.75) is 12.5 Å². The van der Waals surface area contributed by atoms with Crippen LogP contribution in [-0.4, -0.2) is 17.0 Å². The molecule has 4 heteroatoms. The maximum Gasteiger partial charge on any atom is 0.0712 e. The molecule has 0 spiro atoms. The highest BCUT2D eigenvalue weighted by atomic mass is 16.4. The number of carboxylic acid groups (broad SMARTS) is 1. The first kappa shape index (κ1) is 12.6. The monoisotopic (exact) mass is 265 g/mol. The summed E-state index contributed by atoms with van der Waals surface area (Å²) in [5.41, 5.74) is 8.23. The third kappa shape index (κ3) is 2.10. The Morgan fingerprint density at radius 3 is 2.05 bits per heavy atom. The molecular formula is C16H13N2O2-. The summed E-state index contributed by atoms with van der Waals surface area (Å²) >= 11 is 0. The summed E-state index contributed by atoms with van der Waals surface area (Å²) in [6.07, 6.45) is 0.228. The van der Waals surface area contributed by atoms with Crippen LogP contribution in [0.5, 0.6) is 0 Å². The third-order valence-corrected chi connectivity index (χ3v) is 3.43. The molecule has 3 rings (SSSR count). The molecule has 0 fully saturated rings. The Hall–Kier alpha value is -2.46. The minimum atomic E-state index is -1.24. The van der Waals surface area contributed by atoms with E-state index in [9.17, 15) is 9.90 Å². The topological polar surface area (TPSA) is 79.0 Å². The molecule has 0 amide bonds. The maximum absolute atomic E-state index is 10.9. The predicted octanol–water partition coefficient (Wildman–Crippen LogP) is 1.01. The summed E-state index contributed by atoms with van der Waals surface area (Å²) in [7, 11) is 0. The molecule has 0 saturated carbocycles. The number of nitrogens with zero attached hydrogens (tertiary/aromatic N) is 1. The van der Waals surface area contributed by atoms with Crippen LogP contribution < -0.4 is 10.8 Å². The Kier molecular flexibility index (Phi) is 3.08. The Balaban J connectivity index is 2.30. The molecule has 0 radical (unpaired) electrons. The van der Waals surface area contributed by atoms with Crippen LogP contribution in [0.2, 0.25) is 0 Å². The zero-order chi connectivity index (χ0) is 14.1. The average Bonchev–Trinajstić information content (AvgIpc) is 2.46. The minimum absolute atomic E-state index is 0.228. The molecule has 0 aliphatic carbocycles. The second-order valence-corrected chi connectivity index (χ2v) is 4.75. The Morgan fingerprint density at radius 1 is 1.05 bits per heavy atom. The van der Waals surface area contributed by atoms with E-state index in [-0.39, 0.29) is 6.42 Å². The number of aliphatic carboxylic acids is 1. The Bertz CT molecular complexity index is 745. The molecule has 3 aromatic rings. The summed E-state index contributed by atoms with van der Waals surface area (Å²) in [4.78, 5) is 15.5. The van der Waals surface area contributed by atoms with E-state index >= 15 is 0 Å². The molecular weight excluding hydrogens is 252 g/mol. The van der Waals surface area contributed by atoms with Gasteiger partial charge < -0.3 is 15.6 Å². The smallest absolute Gasteiger partial charge is 0.0712 e. The minimum Gasteiger partial charge on any atom is -0.548 e. The largest absolute Gasteiger partial charge is 0.548 e. The van der Waals surface area contributed by atoms with E-state index in [1.54, 1.807) is 0 Å². The van der Waals surface area contributed by atoms with Crippen LogP contribution in [0.3, 0.4) is 0 Å². The quantitative estimate of drug-likeness (QED) is 0.717. The van der Waals surface area contributed by atoms with Crippen LogP contribution >= 0.6 is 0 Å². The SMILES string of the molecule is NC(Cc1c2ccccc2nc2ccccc12)C(=O)[O-]. The van der Waals surface area contributed by atoms with Crippen LogP contribution in [0.25, 0.3) is 21.8 Å². The van der Waals surface area contributed by atoms with E-state index < -0.39 is 12.0 Å². The van der Waals surface area contributed by atoms with Gasteiger partial charge in [0.1, 0.15) is 0 Å². The number of hydrogen-bond acceptors (Lipinski definition) is 4. The summed E-state index contributed by atoms with van der Waals surface area (Å²) in [6.45, 7) is 0. The van der Waals surface area contributed by atoms with Gasteiger partial charge in [0.25, 0.3) is 0 Å². The first-order chi connectivity index (χ1) is 9.66. The van der Waals surface area contributed by atoms with Crippen molar-refractivity contribution in [1.82, 2.24) is 4.98 Å². The highest BCUT2D eigenvalue weighted by molar-refractivity contribution is 5.97. The molecule has 20 heavy (non-hydrogen) atoms. The molecule has 2 N–H and O–H groups in total. The van der Waals surface area contributed by atoms with Gasteiger partial charge in [-0.15, -0.1) is 0 Å². The lowest BCUT2D eigenvalue weighted by Crippen LogP contribution is -2.43. The average molecular weight is 265 g/mol. The highest BCUT2D eigenvalue weighted by Crippen LogP contribution is 2.26. The van der Waals surface area contributed by atoms with E-state index in [0.29, 0.717) is 0 Å². The van der Waals surface area contributed by atoms with Crippen molar-refractivity contribution in [3.05, 3.63) is 54.1 Å². The fourth-order valence-corrected chi connectivity index (χ4v) is 2.45. The summed E-state index contributed by atoms with van der Waals surface area (Å²) in [5, 5.41) is 12.8. The Labute approximate surface area is 115 Å². The molecule has 0 bridgehead atoms. The van der Waals surface area contributed by atoms with E-state index in [1.165, 1.54) is 0 Å². The van der Waals surface area contributed by atoms with Crippen molar-refractivity contribution in [3.63, 3.8) is 0 Å². The van der Waals surface area contributed by atoms with Crippen LogP contribution in [0, 0.1) is 0 Å². The molecule has 1 aromatic heterocycles. The van der Waals surface area contributed by atoms with Gasteiger partial charge in [0.15, 0.2) is 0 Å². The number of para-hydroxylation sites is 2. The molecule has 0 saturated heterocycles. The number of rotatable bonds is 3. The lowest BCUT2D eigenvalue weighted by atomic mass is 9.97. The van der Waals surface area contributed by atoms with E-state index in [1.807, 2.05) is 48.5 Å². The van der Waals surface area contributed by atoms with Crippen molar-refractivity contribution in [3.8, 4) is 0 Å². The van der Waals surface area contributed by atoms with Crippen molar-refractivity contribution in [1.29, 1.82) is 0 Å². The number of fused-ring (bicyclic) bond motifs is 2. The van der Waals surface area contributed by atoms with E-state index in [0.717, 1.165) is 27.4 Å². The van der Waals surface area contributed by atoms with Crippen molar-refractivity contribution >= 4 is 27.8 Å². The van der Waals surface area contributed by atoms with E-state index in [4.69, 9.17) is 5.73 Å². The van der Waals surface area contributed by atoms with Crippen LogP contribution in [0.15, 0.2) is 48.5 Å². The lowest BCUT2D eigenvalue weighted by Gasteiger charge is -2.16. The van der Waals surface area contributed by atoms with Gasteiger partial charge in [-0.3, -0.25) is 0 Å². The fraction of sp³-hybridized carbons (Fsp3) is 0.125. The number of pyridine rings is 1. The number of aromatic nitrogens is 1. The zero-order valence-electron chi connectivity index (χ0n) is 10.7. The molecule has 4 nitrogen and oxygen atoms in total. The molecule has 2 aromatic carbocycles. The summed E-state index contributed by atoms with van der Waals surface area (Å²) in [6, 6.07) is 14.3. The first-order valence-corrected chi connectivity index (χ1v) is 6.39. The van der Waals surface area contributed by atoms with Gasteiger partial charge >= 0.3 is 0 Å². The van der Waals surface area contributed by atoms with Crippen molar-refractivity contribution in [2.24, 2.45) is 5.73 Å². The van der Waals surface area contributed by atoms with Gasteiger partial charge in [0, 0.05) is 16.8 Å². The third-order valence-electron chi connectivity index (χ3n) is 3.43. The summed E-state index contributed by atoms with van der Waals surface area (Å²) < 4.78 is 0. The normalized spacial score (nSPS) is 12.7. The van der Waals surface area contributed by atoms with Gasteiger partial charge in [-0.25, -0.2) is 4.98 Å². The first-order valence-electron chi connectivity index (χ1n) is 6.39. The fourth-order valence-electron chi connectivity index (χ4n) is 2.45. The molecule has 1 atom stereocenters. The van der Waals surface area contributed by atoms with Gasteiger partial charge in [-0.2, -0.15) is 0 Å². The van der Waals surface area contributed by atoms with Gasteiger partial charge in [-0.05, 0) is 24.1 Å². The molecule has 1 unspecified atom stereocenters. The zero-order valence-corrected chi connectivity index (χ0v) is 10.7. The predicted molar refractivity (Wildman–Crippen MR) is 75.9 cm³/mol. The second kappa shape index (κ2) is 4.90. The Morgan fingerprint density at radius 2 is 1.55 bits per heavy atom. The van der Waals surface area contributed by atoms with Gasteiger partial charge in [0.05, 0.1) is 17.0 Å². The van der Waals surface area contributed by atoms with Crippen LogP contribution in [0.4, 0.5) is 0 Å². The molecule has 0 aliphatic rings. The number of carbonyl (C=O) groups excluding carboxylic acids is 1.